The van der Waals surface area contributed by atoms with Gasteiger partial charge in [0.2, 0.25) is 0 Å². The van der Waals surface area contributed by atoms with Crippen LogP contribution in [-0.2, 0) is 6.54 Å². The molecule has 0 aliphatic rings. The lowest BCUT2D eigenvalue weighted by atomic mass is 10.2. The van der Waals surface area contributed by atoms with Crippen LogP contribution < -0.4 is 5.32 Å². The number of hydrogen-bond acceptors (Lipinski definition) is 5. The third-order valence-electron chi connectivity index (χ3n) is 3.22. The molecule has 7 nitrogen and oxygen atoms in total. The Morgan fingerprint density at radius 2 is 2.17 bits per heavy atom. The van der Waals surface area contributed by atoms with E-state index in [4.69, 9.17) is 0 Å². The second-order valence-corrected chi connectivity index (χ2v) is 4.77. The fraction of sp³-hybridized carbons (Fsp3) is 0.0667. The standard InChI is InChI=1S/C15H12FN5O2/c16-12-2-3-13(14(7-12)21(22)23)18-8-11-1-4-15(19-9-11)20-6-5-17-10-20/h1-7,9-10,18H,8H2. The van der Waals surface area contributed by atoms with Crippen LogP contribution in [0.4, 0.5) is 15.8 Å². The second kappa shape index (κ2) is 6.22. The zero-order valence-electron chi connectivity index (χ0n) is 11.9. The minimum Gasteiger partial charge on any atom is -0.375 e. The van der Waals surface area contributed by atoms with Gasteiger partial charge in [0.05, 0.1) is 11.0 Å². The van der Waals surface area contributed by atoms with Gasteiger partial charge in [0.1, 0.15) is 23.6 Å². The molecule has 8 heteroatoms. The van der Waals surface area contributed by atoms with E-state index in [0.29, 0.717) is 6.54 Å². The first kappa shape index (κ1) is 14.6. The van der Waals surface area contributed by atoms with Crippen LogP contribution in [0.2, 0.25) is 0 Å². The average molecular weight is 313 g/mol. The first-order chi connectivity index (χ1) is 11.1. The molecule has 0 atom stereocenters. The number of nitro benzene ring substituents is 1. The van der Waals surface area contributed by atoms with E-state index >= 15 is 0 Å². The van der Waals surface area contributed by atoms with E-state index in [1.54, 1.807) is 29.5 Å². The third kappa shape index (κ3) is 3.31. The summed E-state index contributed by atoms with van der Waals surface area (Å²) in [6, 6.07) is 7.08. The van der Waals surface area contributed by atoms with E-state index in [-0.39, 0.29) is 11.4 Å². The number of pyridine rings is 1. The van der Waals surface area contributed by atoms with Crippen molar-refractivity contribution in [2.75, 3.05) is 5.32 Å². The maximum absolute atomic E-state index is 13.1. The highest BCUT2D eigenvalue weighted by atomic mass is 19.1. The van der Waals surface area contributed by atoms with Gasteiger partial charge in [0, 0.05) is 25.1 Å². The Hall–Kier alpha value is -3.29. The monoisotopic (exact) mass is 313 g/mol. The smallest absolute Gasteiger partial charge is 0.295 e. The highest BCUT2D eigenvalue weighted by molar-refractivity contribution is 5.61. The number of rotatable bonds is 5. The second-order valence-electron chi connectivity index (χ2n) is 4.77. The maximum Gasteiger partial charge on any atom is 0.295 e. The summed E-state index contributed by atoms with van der Waals surface area (Å²) in [4.78, 5) is 18.6. The molecule has 0 unspecified atom stereocenters. The van der Waals surface area contributed by atoms with Gasteiger partial charge in [-0.1, -0.05) is 6.07 Å². The van der Waals surface area contributed by atoms with E-state index < -0.39 is 10.7 Å². The van der Waals surface area contributed by atoms with Gasteiger partial charge in [-0.3, -0.25) is 14.7 Å². The maximum atomic E-state index is 13.1. The summed E-state index contributed by atoms with van der Waals surface area (Å²) in [5.74, 6) is 0.0765. The molecule has 0 aliphatic carbocycles. The largest absolute Gasteiger partial charge is 0.375 e. The molecule has 116 valence electrons. The summed E-state index contributed by atoms with van der Waals surface area (Å²) >= 11 is 0. The van der Waals surface area contributed by atoms with Crippen LogP contribution in [-0.4, -0.2) is 19.5 Å². The highest BCUT2D eigenvalue weighted by Gasteiger charge is 2.14. The summed E-state index contributed by atoms with van der Waals surface area (Å²) in [7, 11) is 0. The van der Waals surface area contributed by atoms with Crippen molar-refractivity contribution in [2.24, 2.45) is 0 Å². The molecule has 0 saturated heterocycles. The first-order valence-corrected chi connectivity index (χ1v) is 6.74. The quantitative estimate of drug-likeness (QED) is 0.578. The minimum absolute atomic E-state index is 0.259. The molecular formula is C15H12FN5O2. The molecule has 2 aromatic heterocycles. The van der Waals surface area contributed by atoms with Gasteiger partial charge in [-0.2, -0.15) is 0 Å². The summed E-state index contributed by atoms with van der Waals surface area (Å²) in [6.45, 7) is 0.337. The van der Waals surface area contributed by atoms with Crippen LogP contribution in [0.5, 0.6) is 0 Å². The number of halogens is 1. The molecule has 0 aliphatic heterocycles. The van der Waals surface area contributed by atoms with E-state index in [1.165, 1.54) is 12.1 Å². The van der Waals surface area contributed by atoms with Gasteiger partial charge in [-0.05, 0) is 23.8 Å². The number of benzene rings is 1. The van der Waals surface area contributed by atoms with Crippen molar-refractivity contribution in [1.29, 1.82) is 0 Å². The fourth-order valence-corrected chi connectivity index (χ4v) is 2.07. The summed E-state index contributed by atoms with van der Waals surface area (Å²) < 4.78 is 14.9. The number of nitro groups is 1. The molecule has 0 bridgehead atoms. The Kier molecular flexibility index (Phi) is 3.96. The molecule has 3 aromatic rings. The zero-order valence-corrected chi connectivity index (χ0v) is 11.9. The van der Waals surface area contributed by atoms with E-state index in [0.717, 1.165) is 17.4 Å². The number of imidazole rings is 1. The van der Waals surface area contributed by atoms with Gasteiger partial charge < -0.3 is 5.32 Å². The van der Waals surface area contributed by atoms with Crippen LogP contribution in [0.3, 0.4) is 0 Å². The van der Waals surface area contributed by atoms with Crippen molar-refractivity contribution in [1.82, 2.24) is 14.5 Å². The van der Waals surface area contributed by atoms with Crippen LogP contribution >= 0.6 is 0 Å². The number of nitrogens with zero attached hydrogens (tertiary/aromatic N) is 4. The molecule has 3 rings (SSSR count). The van der Waals surface area contributed by atoms with Crippen LogP contribution in [0.15, 0.2) is 55.2 Å². The lowest BCUT2D eigenvalue weighted by molar-refractivity contribution is -0.384. The first-order valence-electron chi connectivity index (χ1n) is 6.74. The van der Waals surface area contributed by atoms with Crippen LogP contribution in [0.25, 0.3) is 5.82 Å². The van der Waals surface area contributed by atoms with E-state index in [2.05, 4.69) is 15.3 Å². The lowest BCUT2D eigenvalue weighted by Crippen LogP contribution is -2.04. The van der Waals surface area contributed by atoms with Gasteiger partial charge in [-0.15, -0.1) is 0 Å². The SMILES string of the molecule is O=[N+]([O-])c1cc(F)ccc1NCc1ccc(-n2ccnc2)nc1. The van der Waals surface area contributed by atoms with Crippen molar-refractivity contribution in [3.63, 3.8) is 0 Å². The number of hydrogen-bond donors (Lipinski definition) is 1. The van der Waals surface area contributed by atoms with E-state index in [9.17, 15) is 14.5 Å². The van der Waals surface area contributed by atoms with Crippen molar-refractivity contribution < 1.29 is 9.31 Å². The Labute approximate surface area is 130 Å². The molecule has 2 heterocycles. The summed E-state index contributed by atoms with van der Waals surface area (Å²) in [5.41, 5.74) is 0.801. The molecule has 0 spiro atoms. The van der Waals surface area contributed by atoms with Crippen molar-refractivity contribution in [3.8, 4) is 5.82 Å². The Balaban J connectivity index is 1.73. The van der Waals surface area contributed by atoms with Gasteiger partial charge in [0.15, 0.2) is 0 Å². The van der Waals surface area contributed by atoms with Gasteiger partial charge in [-0.25, -0.2) is 14.4 Å². The molecule has 1 aromatic carbocycles. The summed E-state index contributed by atoms with van der Waals surface area (Å²) in [6.07, 6.45) is 6.74. The predicted octanol–water partition coefficient (Wildman–Crippen LogP) is 2.93. The van der Waals surface area contributed by atoms with Crippen molar-refractivity contribution in [2.45, 2.75) is 6.54 Å². The third-order valence-corrected chi connectivity index (χ3v) is 3.22. The number of aromatic nitrogens is 3. The normalized spacial score (nSPS) is 10.5. The minimum atomic E-state index is -0.645. The molecule has 0 radical (unpaired) electrons. The molecule has 23 heavy (non-hydrogen) atoms. The predicted molar refractivity (Wildman–Crippen MR) is 81.7 cm³/mol. The Morgan fingerprint density at radius 3 is 2.83 bits per heavy atom. The van der Waals surface area contributed by atoms with E-state index in [1.807, 2.05) is 12.1 Å². The Bertz CT molecular complexity index is 818. The summed E-state index contributed by atoms with van der Waals surface area (Å²) in [5, 5.41) is 13.9. The van der Waals surface area contributed by atoms with Crippen molar-refractivity contribution >= 4 is 11.4 Å². The topological polar surface area (TPSA) is 85.9 Å². The molecular weight excluding hydrogens is 301 g/mol. The Morgan fingerprint density at radius 1 is 1.30 bits per heavy atom. The fourth-order valence-electron chi connectivity index (χ4n) is 2.07. The van der Waals surface area contributed by atoms with Gasteiger partial charge >= 0.3 is 0 Å². The number of anilines is 1. The molecule has 0 saturated carbocycles. The highest BCUT2D eigenvalue weighted by Crippen LogP contribution is 2.25. The van der Waals surface area contributed by atoms with Crippen molar-refractivity contribution in [3.05, 3.63) is 76.7 Å². The molecule has 1 N–H and O–H groups in total. The molecule has 0 amide bonds. The molecule has 0 fully saturated rings. The van der Waals surface area contributed by atoms with Crippen LogP contribution in [0.1, 0.15) is 5.56 Å². The lowest BCUT2D eigenvalue weighted by Gasteiger charge is -2.08. The van der Waals surface area contributed by atoms with Crippen LogP contribution in [0, 0.1) is 15.9 Å². The average Bonchev–Trinajstić information content (AvgIpc) is 3.08. The van der Waals surface area contributed by atoms with Gasteiger partial charge in [0.25, 0.3) is 5.69 Å². The zero-order chi connectivity index (χ0) is 16.2. The number of nitrogens with one attached hydrogen (secondary N) is 1.